The predicted molar refractivity (Wildman–Crippen MR) is 137 cm³/mol. The van der Waals surface area contributed by atoms with Crippen molar-refractivity contribution in [2.45, 2.75) is 33.1 Å². The van der Waals surface area contributed by atoms with Gasteiger partial charge in [0.15, 0.2) is 5.82 Å². The van der Waals surface area contributed by atoms with E-state index in [-0.39, 0.29) is 11.8 Å². The Labute approximate surface area is 209 Å². The molecule has 0 saturated carbocycles. The highest BCUT2D eigenvalue weighted by Crippen LogP contribution is 2.30. The number of amides is 1. The van der Waals surface area contributed by atoms with E-state index in [2.05, 4.69) is 30.8 Å². The van der Waals surface area contributed by atoms with Gasteiger partial charge in [-0.15, -0.1) is 5.10 Å². The van der Waals surface area contributed by atoms with Gasteiger partial charge in [0.2, 0.25) is 0 Å². The predicted octanol–water partition coefficient (Wildman–Crippen LogP) is 4.22. The van der Waals surface area contributed by atoms with Crippen LogP contribution in [-0.2, 0) is 6.42 Å². The largest absolute Gasteiger partial charge is 0.497 e. The molecule has 0 saturated heterocycles. The van der Waals surface area contributed by atoms with Gasteiger partial charge in [0.25, 0.3) is 5.91 Å². The van der Waals surface area contributed by atoms with Gasteiger partial charge in [0.1, 0.15) is 5.75 Å². The first-order valence-electron chi connectivity index (χ1n) is 11.8. The number of nitrogens with zero attached hydrogens (tertiary/aromatic N) is 6. The minimum absolute atomic E-state index is 0.110. The SMILES string of the molecule is COc1ccc2c(c1)N=C(CNC(=O)c1cc(-c3ccc(C)cn3)cc(-n3nnnc3C(C)C)c1)C2. The summed E-state index contributed by atoms with van der Waals surface area (Å²) >= 11 is 0. The lowest BCUT2D eigenvalue weighted by molar-refractivity contribution is 0.0959. The summed E-state index contributed by atoms with van der Waals surface area (Å²) in [6.45, 7) is 6.39. The van der Waals surface area contributed by atoms with Crippen molar-refractivity contribution in [2.75, 3.05) is 13.7 Å². The molecule has 0 radical (unpaired) electrons. The molecule has 1 aliphatic heterocycles. The summed E-state index contributed by atoms with van der Waals surface area (Å²) in [7, 11) is 1.63. The minimum atomic E-state index is -0.208. The molecule has 9 nitrogen and oxygen atoms in total. The van der Waals surface area contributed by atoms with Crippen molar-refractivity contribution in [1.29, 1.82) is 0 Å². The van der Waals surface area contributed by atoms with Gasteiger partial charge in [-0.25, -0.2) is 0 Å². The smallest absolute Gasteiger partial charge is 0.251 e. The molecular weight excluding hydrogens is 454 g/mol. The molecule has 0 bridgehead atoms. The van der Waals surface area contributed by atoms with Crippen LogP contribution in [0, 0.1) is 6.92 Å². The molecule has 1 N–H and O–H groups in total. The number of carbonyl (C=O) groups is 1. The van der Waals surface area contributed by atoms with Crippen LogP contribution in [-0.4, -0.2) is 50.5 Å². The van der Waals surface area contributed by atoms with Crippen molar-refractivity contribution in [3.05, 3.63) is 77.2 Å². The Morgan fingerprint density at radius 1 is 1.14 bits per heavy atom. The first-order valence-corrected chi connectivity index (χ1v) is 11.8. The highest BCUT2D eigenvalue weighted by Gasteiger charge is 2.19. The van der Waals surface area contributed by atoms with Crippen LogP contribution in [0.25, 0.3) is 16.9 Å². The molecule has 5 rings (SSSR count). The maximum Gasteiger partial charge on any atom is 0.251 e. The number of nitrogens with one attached hydrogen (secondary N) is 1. The second-order valence-corrected chi connectivity index (χ2v) is 9.13. The molecule has 4 aromatic rings. The lowest BCUT2D eigenvalue weighted by Crippen LogP contribution is -2.29. The topological polar surface area (TPSA) is 107 Å². The van der Waals surface area contributed by atoms with Crippen LogP contribution in [0.5, 0.6) is 5.75 Å². The second-order valence-electron chi connectivity index (χ2n) is 9.13. The average Bonchev–Trinajstić information content (AvgIpc) is 3.54. The summed E-state index contributed by atoms with van der Waals surface area (Å²) in [4.78, 5) is 22.5. The third-order valence-electron chi connectivity index (χ3n) is 6.06. The Balaban J connectivity index is 1.43. The Morgan fingerprint density at radius 3 is 2.75 bits per heavy atom. The number of aromatic nitrogens is 5. The van der Waals surface area contributed by atoms with E-state index < -0.39 is 0 Å². The summed E-state index contributed by atoms with van der Waals surface area (Å²) < 4.78 is 6.96. The number of aliphatic imine (C=N–C) groups is 1. The summed E-state index contributed by atoms with van der Waals surface area (Å²) in [5, 5.41) is 15.2. The Bertz CT molecular complexity index is 1460. The molecule has 2 aromatic carbocycles. The van der Waals surface area contributed by atoms with Crippen molar-refractivity contribution in [3.8, 4) is 22.7 Å². The number of benzene rings is 2. The van der Waals surface area contributed by atoms with E-state index in [1.54, 1.807) is 17.9 Å². The molecule has 182 valence electrons. The van der Waals surface area contributed by atoms with Gasteiger partial charge >= 0.3 is 0 Å². The van der Waals surface area contributed by atoms with Crippen molar-refractivity contribution in [3.63, 3.8) is 0 Å². The van der Waals surface area contributed by atoms with Crippen molar-refractivity contribution >= 4 is 17.3 Å². The number of hydrogen-bond acceptors (Lipinski definition) is 7. The van der Waals surface area contributed by atoms with Crippen molar-refractivity contribution < 1.29 is 9.53 Å². The number of aryl methyl sites for hydroxylation is 1. The summed E-state index contributed by atoms with van der Waals surface area (Å²) in [5.74, 6) is 1.38. The number of methoxy groups -OCH3 is 1. The Hall–Kier alpha value is -4.40. The zero-order valence-corrected chi connectivity index (χ0v) is 20.7. The minimum Gasteiger partial charge on any atom is -0.497 e. The molecule has 3 heterocycles. The van der Waals surface area contributed by atoms with Crippen molar-refractivity contribution in [1.82, 2.24) is 30.5 Å². The zero-order chi connectivity index (χ0) is 25.2. The van der Waals surface area contributed by atoms with E-state index in [1.807, 2.05) is 69.4 Å². The molecule has 9 heteroatoms. The molecule has 0 atom stereocenters. The number of pyridine rings is 1. The van der Waals surface area contributed by atoms with E-state index in [1.165, 1.54) is 0 Å². The Kier molecular flexibility index (Phi) is 6.28. The average molecular weight is 482 g/mol. The van der Waals surface area contributed by atoms with Gasteiger partial charge in [-0.05, 0) is 58.8 Å². The van der Waals surface area contributed by atoms with E-state index in [0.717, 1.165) is 39.5 Å². The maximum absolute atomic E-state index is 13.3. The number of hydrogen-bond donors (Lipinski definition) is 1. The van der Waals surface area contributed by atoms with Gasteiger partial charge in [0.05, 0.1) is 30.7 Å². The quantitative estimate of drug-likeness (QED) is 0.423. The molecule has 2 aromatic heterocycles. The monoisotopic (exact) mass is 481 g/mol. The van der Waals surface area contributed by atoms with E-state index in [4.69, 9.17) is 4.74 Å². The fourth-order valence-electron chi connectivity index (χ4n) is 4.13. The number of fused-ring (bicyclic) bond motifs is 1. The fraction of sp³-hybridized carbons (Fsp3) is 0.259. The lowest BCUT2D eigenvalue weighted by Gasteiger charge is -2.12. The molecule has 0 unspecified atom stereocenters. The summed E-state index contributed by atoms with van der Waals surface area (Å²) in [6, 6.07) is 15.4. The molecule has 0 spiro atoms. The zero-order valence-electron chi connectivity index (χ0n) is 20.7. The van der Waals surface area contributed by atoms with Crippen LogP contribution >= 0.6 is 0 Å². The third-order valence-corrected chi connectivity index (χ3v) is 6.06. The van der Waals surface area contributed by atoms with Crippen LogP contribution in [0.3, 0.4) is 0 Å². The van der Waals surface area contributed by atoms with Crippen molar-refractivity contribution in [2.24, 2.45) is 4.99 Å². The molecule has 0 aliphatic carbocycles. The van der Waals surface area contributed by atoms with E-state index in [0.29, 0.717) is 30.0 Å². The second kappa shape index (κ2) is 9.69. The number of ether oxygens (including phenoxy) is 1. The summed E-state index contributed by atoms with van der Waals surface area (Å²) in [5.41, 5.74) is 6.72. The van der Waals surface area contributed by atoms with Gasteiger partial charge in [-0.3, -0.25) is 14.8 Å². The van der Waals surface area contributed by atoms with Crippen LogP contribution in [0.2, 0.25) is 0 Å². The van der Waals surface area contributed by atoms with Crippen LogP contribution in [0.1, 0.15) is 47.1 Å². The standard InChI is InChI=1S/C27H27N7O2/c1-16(2)26-31-32-33-34(26)22-11-19(24-8-5-17(3)14-28-24)9-20(12-22)27(35)29-15-21-10-18-6-7-23(36-4)13-25(18)30-21/h5-9,11-14,16H,10,15H2,1-4H3,(H,29,35). The molecule has 1 aliphatic rings. The Morgan fingerprint density at radius 2 is 2.00 bits per heavy atom. The third kappa shape index (κ3) is 4.72. The van der Waals surface area contributed by atoms with Crippen LogP contribution in [0.4, 0.5) is 5.69 Å². The normalized spacial score (nSPS) is 12.4. The summed E-state index contributed by atoms with van der Waals surface area (Å²) in [6.07, 6.45) is 2.50. The number of carbonyl (C=O) groups excluding carboxylic acids is 1. The lowest BCUT2D eigenvalue weighted by atomic mass is 10.0. The van der Waals surface area contributed by atoms with Crippen LogP contribution < -0.4 is 10.1 Å². The van der Waals surface area contributed by atoms with Gasteiger partial charge in [-0.1, -0.05) is 26.0 Å². The fourth-order valence-corrected chi connectivity index (χ4v) is 4.13. The number of rotatable bonds is 7. The molecule has 36 heavy (non-hydrogen) atoms. The maximum atomic E-state index is 13.3. The number of tetrazole rings is 1. The molecular formula is C27H27N7O2. The van der Waals surface area contributed by atoms with Gasteiger partial charge < -0.3 is 10.1 Å². The van der Waals surface area contributed by atoms with Gasteiger partial charge in [-0.2, -0.15) is 4.68 Å². The van der Waals surface area contributed by atoms with Crippen LogP contribution in [0.15, 0.2) is 59.7 Å². The first kappa shape index (κ1) is 23.3. The van der Waals surface area contributed by atoms with Gasteiger partial charge in [0, 0.05) is 41.4 Å². The molecule has 0 fully saturated rings. The van der Waals surface area contributed by atoms with E-state index >= 15 is 0 Å². The van der Waals surface area contributed by atoms with E-state index in [9.17, 15) is 4.79 Å². The first-order chi connectivity index (χ1) is 17.4. The highest BCUT2D eigenvalue weighted by atomic mass is 16.5. The highest BCUT2D eigenvalue weighted by molar-refractivity contribution is 6.01. The molecule has 1 amide bonds.